The number of hydrogen-bond donors (Lipinski definition) is 2. The minimum Gasteiger partial charge on any atom is -0.489 e. The first-order valence-electron chi connectivity index (χ1n) is 25.2. The fourth-order valence-corrected chi connectivity index (χ4v) is 13.8. The second-order valence-electron chi connectivity index (χ2n) is 21.2. The number of allylic oxidation sites excluding steroid dienone is 20. The van der Waals surface area contributed by atoms with Crippen LogP contribution >= 0.6 is 0 Å². The van der Waals surface area contributed by atoms with Gasteiger partial charge in [-0.1, -0.05) is 142 Å². The van der Waals surface area contributed by atoms with Gasteiger partial charge in [-0.3, -0.25) is 0 Å². The summed E-state index contributed by atoms with van der Waals surface area (Å²) in [4.78, 5) is 0. The molecule has 6 atom stereocenters. The van der Waals surface area contributed by atoms with Crippen LogP contribution in [0.1, 0.15) is 132 Å². The lowest BCUT2D eigenvalue weighted by molar-refractivity contribution is 0.130. The molecule has 64 heavy (non-hydrogen) atoms. The molecule has 326 valence electrons. The second kappa shape index (κ2) is 16.1. The molecule has 2 fully saturated rings. The number of nitrogens with one attached hydrogen (secondary N) is 1. The second-order valence-corrected chi connectivity index (χ2v) is 21.2. The molecule has 3 nitrogen and oxygen atoms in total. The first kappa shape index (κ1) is 40.4. The molecular formula is C61H66N2O. The van der Waals surface area contributed by atoms with Crippen molar-refractivity contribution in [3.05, 3.63) is 195 Å². The van der Waals surface area contributed by atoms with Crippen molar-refractivity contribution in [3.8, 4) is 11.1 Å². The van der Waals surface area contributed by atoms with E-state index in [0.717, 1.165) is 70.0 Å². The summed E-state index contributed by atoms with van der Waals surface area (Å²) in [6.07, 6.45) is 53.3. The molecule has 1 spiro atoms. The van der Waals surface area contributed by atoms with Gasteiger partial charge in [0, 0.05) is 33.9 Å². The van der Waals surface area contributed by atoms with Crippen LogP contribution in [-0.4, -0.2) is 12.3 Å². The van der Waals surface area contributed by atoms with Crippen molar-refractivity contribution in [2.24, 2.45) is 29.4 Å². The van der Waals surface area contributed by atoms with Crippen LogP contribution in [0.4, 0.5) is 0 Å². The van der Waals surface area contributed by atoms with Crippen LogP contribution in [0.3, 0.4) is 0 Å². The van der Waals surface area contributed by atoms with Gasteiger partial charge in [-0.15, -0.1) is 0 Å². The molecule has 0 aromatic heterocycles. The van der Waals surface area contributed by atoms with E-state index < -0.39 is 0 Å². The molecule has 3 N–H and O–H groups in total. The molecule has 2 aromatic carbocycles. The van der Waals surface area contributed by atoms with E-state index in [1.54, 1.807) is 27.8 Å². The van der Waals surface area contributed by atoms with Crippen molar-refractivity contribution in [2.75, 3.05) is 0 Å². The smallest absolute Gasteiger partial charge is 0.120 e. The fraction of sp³-hybridized carbons (Fsp3) is 0.410. The van der Waals surface area contributed by atoms with E-state index in [1.165, 1.54) is 82.4 Å². The summed E-state index contributed by atoms with van der Waals surface area (Å²) >= 11 is 0. The highest BCUT2D eigenvalue weighted by Gasteiger charge is 2.47. The number of benzene rings is 2. The van der Waals surface area contributed by atoms with E-state index in [4.69, 9.17) is 10.5 Å². The van der Waals surface area contributed by atoms with Crippen molar-refractivity contribution in [1.82, 2.24) is 5.32 Å². The minimum atomic E-state index is -0.200. The lowest BCUT2D eigenvalue weighted by Crippen LogP contribution is -2.40. The average Bonchev–Trinajstić information content (AvgIpc) is 3.92. The minimum absolute atomic E-state index is 0.00877. The predicted molar refractivity (Wildman–Crippen MR) is 265 cm³/mol. The zero-order chi connectivity index (χ0) is 43.0. The van der Waals surface area contributed by atoms with Gasteiger partial charge in [0.2, 0.25) is 0 Å². The quantitative estimate of drug-likeness (QED) is 0.206. The number of ether oxygens (including phenoxy) is 1. The Morgan fingerprint density at radius 3 is 2.61 bits per heavy atom. The van der Waals surface area contributed by atoms with Crippen molar-refractivity contribution in [3.63, 3.8) is 0 Å². The Balaban J connectivity index is 0.772. The lowest BCUT2D eigenvalue weighted by Gasteiger charge is -2.36. The number of hydrogen-bond acceptors (Lipinski definition) is 3. The first-order valence-corrected chi connectivity index (χ1v) is 25.2. The molecule has 2 aromatic rings. The molecule has 1 saturated heterocycles. The maximum absolute atomic E-state index is 6.92. The van der Waals surface area contributed by atoms with Crippen LogP contribution in [-0.2, 0) is 15.6 Å². The van der Waals surface area contributed by atoms with E-state index >= 15 is 0 Å². The maximum Gasteiger partial charge on any atom is 0.120 e. The molecule has 1 heterocycles. The predicted octanol–water partition coefficient (Wildman–Crippen LogP) is 14.3. The van der Waals surface area contributed by atoms with E-state index in [0.29, 0.717) is 17.8 Å². The van der Waals surface area contributed by atoms with Gasteiger partial charge in [-0.2, -0.15) is 0 Å². The largest absolute Gasteiger partial charge is 0.489 e. The summed E-state index contributed by atoms with van der Waals surface area (Å²) in [5, 5.41) is 3.83. The van der Waals surface area contributed by atoms with Crippen LogP contribution in [0.5, 0.6) is 0 Å². The third-order valence-electron chi connectivity index (χ3n) is 17.3. The molecule has 0 amide bonds. The lowest BCUT2D eigenvalue weighted by atomic mass is 9.67. The summed E-state index contributed by atoms with van der Waals surface area (Å²) < 4.78 is 6.59. The molecule has 6 unspecified atom stereocenters. The van der Waals surface area contributed by atoms with Crippen LogP contribution in [0, 0.1) is 23.7 Å². The van der Waals surface area contributed by atoms with Gasteiger partial charge in [0.15, 0.2) is 0 Å². The SMILES string of the molecule is CC1(C)C2=C(CC(C3C=CC=C(C4=CC(C/C=C(\NC(N)C5=CC=CCC5)C5C=C6OC7CCC=CC7C6=CC5)=CCC4)C3)C=C2)c2cc3c(cc21)-c1ccccc1C31CCCCC1. The zero-order valence-corrected chi connectivity index (χ0v) is 38.2. The summed E-state index contributed by atoms with van der Waals surface area (Å²) in [5.41, 5.74) is 27.9. The highest BCUT2D eigenvalue weighted by atomic mass is 16.5. The molecule has 12 rings (SSSR count). The van der Waals surface area contributed by atoms with Crippen molar-refractivity contribution in [1.29, 1.82) is 0 Å². The van der Waals surface area contributed by atoms with Gasteiger partial charge in [-0.25, -0.2) is 0 Å². The Morgan fingerprint density at radius 1 is 0.844 bits per heavy atom. The third kappa shape index (κ3) is 6.78. The van der Waals surface area contributed by atoms with E-state index in [2.05, 4.69) is 147 Å². The highest BCUT2D eigenvalue weighted by molar-refractivity contribution is 5.90. The van der Waals surface area contributed by atoms with Crippen LogP contribution in [0.2, 0.25) is 0 Å². The molecule has 1 saturated carbocycles. The first-order chi connectivity index (χ1) is 31.3. The van der Waals surface area contributed by atoms with E-state index in [1.807, 2.05) is 0 Å². The normalized spacial score (nSPS) is 29.5. The zero-order valence-electron chi connectivity index (χ0n) is 38.2. The molecule has 3 heteroatoms. The molecule has 1 aliphatic heterocycles. The monoisotopic (exact) mass is 843 g/mol. The summed E-state index contributed by atoms with van der Waals surface area (Å²) in [6, 6.07) is 14.7. The molecule has 9 aliphatic carbocycles. The molecule has 0 bridgehead atoms. The highest BCUT2D eigenvalue weighted by Crippen LogP contribution is 2.60. The Morgan fingerprint density at radius 2 is 1.72 bits per heavy atom. The van der Waals surface area contributed by atoms with Crippen molar-refractivity contribution in [2.45, 2.75) is 133 Å². The standard InChI is InChI=1S/C61H66N2O/c1-60(2)52-29-27-44(35-49(52)51-38-55-50(37-54(51)60)46-21-7-9-23-53(46)61(55)31-11-4-12-32-61)43-20-14-19-42(34-43)41-18-13-15-39(33-41)25-30-56(63-59(62)40-16-5-3-6-17-40)45-26-28-48-47-22-8-10-24-57(47)64-58(48)36-45/h3,5,7-9,14-16,19-23,27-30,33,36-38,43-45,47,57,59,63H,4,6,10-13,17-18,24-26,31-32,34-35,62H2,1-2H3/b56-30-. The van der Waals surface area contributed by atoms with Gasteiger partial charge in [0.05, 0.1) is 6.17 Å². The number of nitrogens with two attached hydrogens (primary N) is 1. The number of fused-ring (bicyclic) bond motifs is 10. The molecular weight excluding hydrogens is 777 g/mol. The summed E-state index contributed by atoms with van der Waals surface area (Å²) in [5.74, 6) is 2.70. The summed E-state index contributed by atoms with van der Waals surface area (Å²) in [7, 11) is 0. The maximum atomic E-state index is 6.92. The van der Waals surface area contributed by atoms with E-state index in [9.17, 15) is 0 Å². The Bertz CT molecular complexity index is 2670. The average molecular weight is 843 g/mol. The third-order valence-corrected chi connectivity index (χ3v) is 17.3. The van der Waals surface area contributed by atoms with Gasteiger partial charge >= 0.3 is 0 Å². The van der Waals surface area contributed by atoms with Crippen LogP contribution < -0.4 is 11.1 Å². The van der Waals surface area contributed by atoms with E-state index in [-0.39, 0.29) is 29.0 Å². The fourth-order valence-electron chi connectivity index (χ4n) is 13.8. The number of rotatable bonds is 8. The van der Waals surface area contributed by atoms with Gasteiger partial charge < -0.3 is 15.8 Å². The Hall–Kier alpha value is -5.12. The van der Waals surface area contributed by atoms with Gasteiger partial charge in [0.1, 0.15) is 11.9 Å². The van der Waals surface area contributed by atoms with Crippen molar-refractivity contribution >= 4 is 5.57 Å². The van der Waals surface area contributed by atoms with Gasteiger partial charge in [-0.05, 0) is 174 Å². The Kier molecular flexibility index (Phi) is 10.2. The van der Waals surface area contributed by atoms with Crippen LogP contribution in [0.15, 0.2) is 172 Å². The molecule has 0 radical (unpaired) electrons. The van der Waals surface area contributed by atoms with Gasteiger partial charge in [0.25, 0.3) is 0 Å². The Labute approximate surface area is 382 Å². The van der Waals surface area contributed by atoms with Crippen LogP contribution in [0.25, 0.3) is 16.7 Å². The molecule has 10 aliphatic rings. The van der Waals surface area contributed by atoms with Crippen molar-refractivity contribution < 1.29 is 4.74 Å². The summed E-state index contributed by atoms with van der Waals surface area (Å²) in [6.45, 7) is 4.95. The topological polar surface area (TPSA) is 47.3 Å².